The van der Waals surface area contributed by atoms with Crippen LogP contribution in [0.3, 0.4) is 0 Å². The summed E-state index contributed by atoms with van der Waals surface area (Å²) in [5.41, 5.74) is -0.622. The molecule has 1 fully saturated rings. The first-order chi connectivity index (χ1) is 18.3. The van der Waals surface area contributed by atoms with Gasteiger partial charge in [0, 0.05) is 12.0 Å². The van der Waals surface area contributed by atoms with Crippen molar-refractivity contribution in [1.82, 2.24) is 4.90 Å². The molecule has 39 heavy (non-hydrogen) atoms. The molecule has 1 N–H and O–H groups in total. The molecule has 1 aliphatic carbocycles. The van der Waals surface area contributed by atoms with Gasteiger partial charge >= 0.3 is 18.2 Å². The second-order valence-electron chi connectivity index (χ2n) is 9.95. The summed E-state index contributed by atoms with van der Waals surface area (Å²) in [5.74, 6) is -1.32. The van der Waals surface area contributed by atoms with Gasteiger partial charge in [-0.25, -0.2) is 4.79 Å². The van der Waals surface area contributed by atoms with Gasteiger partial charge in [0.15, 0.2) is 5.60 Å². The lowest BCUT2D eigenvalue weighted by Gasteiger charge is -2.36. The number of carbonyl (C=O) groups excluding carboxylic acids is 1. The average Bonchev–Trinajstić information content (AvgIpc) is 3.17. The molecule has 0 bridgehead atoms. The quantitative estimate of drug-likeness (QED) is 0.407. The molecule has 0 spiro atoms. The third kappa shape index (κ3) is 5.74. The summed E-state index contributed by atoms with van der Waals surface area (Å²) in [4.78, 5) is 25.8. The SMILES string of the molecule is COC1=CC=C(C(C)C(=O)O)CC1(C)Oc1ccc(C(F)(F)F)cc1CN1C(=O)O[C@H](c2ccccc2)[C@@H]1C. The Labute approximate surface area is 224 Å². The van der Waals surface area contributed by atoms with Gasteiger partial charge in [0.25, 0.3) is 0 Å². The van der Waals surface area contributed by atoms with E-state index in [1.807, 2.05) is 30.3 Å². The number of alkyl halides is 3. The summed E-state index contributed by atoms with van der Waals surface area (Å²) >= 11 is 0. The molecule has 4 rings (SSSR count). The first-order valence-electron chi connectivity index (χ1n) is 12.4. The lowest BCUT2D eigenvalue weighted by atomic mass is 9.83. The number of allylic oxidation sites excluding steroid dienone is 2. The van der Waals surface area contributed by atoms with E-state index in [2.05, 4.69) is 0 Å². The van der Waals surface area contributed by atoms with E-state index in [0.29, 0.717) is 11.3 Å². The number of amides is 1. The Morgan fingerprint density at radius 2 is 1.90 bits per heavy atom. The van der Waals surface area contributed by atoms with E-state index >= 15 is 0 Å². The fourth-order valence-corrected chi connectivity index (χ4v) is 4.93. The van der Waals surface area contributed by atoms with Crippen LogP contribution in [-0.4, -0.2) is 40.8 Å². The number of aliphatic carboxylic acids is 1. The molecule has 7 nitrogen and oxygen atoms in total. The number of nitrogens with zero attached hydrogens (tertiary/aromatic N) is 1. The second kappa shape index (κ2) is 10.7. The van der Waals surface area contributed by atoms with Gasteiger partial charge in [-0.3, -0.25) is 9.69 Å². The molecule has 10 heteroatoms. The van der Waals surface area contributed by atoms with Crippen molar-refractivity contribution in [3.63, 3.8) is 0 Å². The highest BCUT2D eigenvalue weighted by Crippen LogP contribution is 2.41. The first-order valence-corrected chi connectivity index (χ1v) is 12.4. The standard InChI is InChI=1S/C29H30F3NO6/c1-17(26(34)35)20-10-13-24(37-4)28(3,15-20)39-23-12-11-22(29(30,31)32)14-21(23)16-33-18(2)25(38-27(33)36)19-8-6-5-7-9-19/h5-14,17-18,25H,15-16H2,1-4H3,(H,34,35)/t17?,18-,25-,28?/m0/s1. The maximum absolute atomic E-state index is 13.7. The Morgan fingerprint density at radius 3 is 2.51 bits per heavy atom. The molecule has 1 aliphatic heterocycles. The van der Waals surface area contributed by atoms with Gasteiger partial charge in [0.1, 0.15) is 17.6 Å². The smallest absolute Gasteiger partial charge is 0.416 e. The van der Waals surface area contributed by atoms with Crippen molar-refractivity contribution in [2.24, 2.45) is 5.92 Å². The summed E-state index contributed by atoms with van der Waals surface area (Å²) in [6.07, 6.45) is -2.46. The summed E-state index contributed by atoms with van der Waals surface area (Å²) in [7, 11) is 1.44. The number of carboxylic acid groups (broad SMARTS) is 1. The van der Waals surface area contributed by atoms with Crippen molar-refractivity contribution in [1.29, 1.82) is 0 Å². The fraction of sp³-hybridized carbons (Fsp3) is 0.379. The minimum absolute atomic E-state index is 0.112. The van der Waals surface area contributed by atoms with Crippen LogP contribution >= 0.6 is 0 Å². The van der Waals surface area contributed by atoms with Crippen LogP contribution < -0.4 is 4.74 Å². The van der Waals surface area contributed by atoms with Crippen molar-refractivity contribution in [2.75, 3.05) is 7.11 Å². The first kappa shape index (κ1) is 28.1. The van der Waals surface area contributed by atoms with E-state index in [4.69, 9.17) is 14.2 Å². The van der Waals surface area contributed by atoms with Gasteiger partial charge in [-0.05, 0) is 50.6 Å². The molecule has 2 aromatic rings. The molecule has 1 amide bonds. The highest BCUT2D eigenvalue weighted by atomic mass is 19.4. The minimum atomic E-state index is -4.61. The van der Waals surface area contributed by atoms with Gasteiger partial charge in [-0.1, -0.05) is 42.0 Å². The zero-order valence-electron chi connectivity index (χ0n) is 22.0. The predicted octanol–water partition coefficient (Wildman–Crippen LogP) is 6.51. The summed E-state index contributed by atoms with van der Waals surface area (Å²) in [6, 6.07) is 11.7. The van der Waals surface area contributed by atoms with Gasteiger partial charge in [-0.15, -0.1) is 0 Å². The molecule has 1 saturated heterocycles. The second-order valence-corrected chi connectivity index (χ2v) is 9.95. The van der Waals surface area contributed by atoms with Crippen LogP contribution in [0, 0.1) is 5.92 Å². The topological polar surface area (TPSA) is 85.3 Å². The van der Waals surface area contributed by atoms with E-state index in [1.54, 1.807) is 32.9 Å². The Balaban J connectivity index is 1.68. The van der Waals surface area contributed by atoms with Crippen LogP contribution in [0.5, 0.6) is 5.75 Å². The van der Waals surface area contributed by atoms with Crippen molar-refractivity contribution < 1.29 is 42.1 Å². The molecule has 0 saturated carbocycles. The van der Waals surface area contributed by atoms with E-state index in [9.17, 15) is 27.9 Å². The van der Waals surface area contributed by atoms with Crippen molar-refractivity contribution in [2.45, 2.75) is 57.7 Å². The number of hydrogen-bond donors (Lipinski definition) is 1. The number of rotatable bonds is 8. The van der Waals surface area contributed by atoms with Crippen LogP contribution in [0.25, 0.3) is 0 Å². The summed E-state index contributed by atoms with van der Waals surface area (Å²) in [5, 5.41) is 9.49. The number of methoxy groups -OCH3 is 1. The molecule has 208 valence electrons. The third-order valence-electron chi connectivity index (χ3n) is 7.24. The summed E-state index contributed by atoms with van der Waals surface area (Å²) in [6.45, 7) is 4.81. The number of hydrogen-bond acceptors (Lipinski definition) is 5. The zero-order chi connectivity index (χ0) is 28.5. The molecule has 0 radical (unpaired) electrons. The largest absolute Gasteiger partial charge is 0.497 e. The zero-order valence-corrected chi connectivity index (χ0v) is 22.0. The van der Waals surface area contributed by atoms with Crippen molar-refractivity contribution >= 4 is 12.1 Å². The third-order valence-corrected chi connectivity index (χ3v) is 7.24. The molecule has 2 aliphatic rings. The number of benzene rings is 2. The number of halogens is 3. The number of ether oxygens (including phenoxy) is 3. The Bertz CT molecular complexity index is 1310. The minimum Gasteiger partial charge on any atom is -0.497 e. The van der Waals surface area contributed by atoms with E-state index in [0.717, 1.165) is 17.7 Å². The van der Waals surface area contributed by atoms with E-state index in [-0.39, 0.29) is 24.3 Å². The average molecular weight is 546 g/mol. The van der Waals surface area contributed by atoms with E-state index < -0.39 is 47.5 Å². The number of carbonyl (C=O) groups is 2. The molecule has 0 aromatic heterocycles. The lowest BCUT2D eigenvalue weighted by Crippen LogP contribution is -2.39. The molecule has 4 atom stereocenters. The van der Waals surface area contributed by atoms with Gasteiger partial charge in [-0.2, -0.15) is 13.2 Å². The van der Waals surface area contributed by atoms with E-state index in [1.165, 1.54) is 18.1 Å². The van der Waals surface area contributed by atoms with Crippen molar-refractivity contribution in [3.05, 3.63) is 88.7 Å². The van der Waals surface area contributed by atoms with Crippen LogP contribution in [-0.2, 0) is 27.0 Å². The van der Waals surface area contributed by atoms with Crippen molar-refractivity contribution in [3.8, 4) is 5.75 Å². The van der Waals surface area contributed by atoms with Gasteiger partial charge in [0.05, 0.1) is 31.2 Å². The Kier molecular flexibility index (Phi) is 7.68. The maximum atomic E-state index is 13.7. The number of carboxylic acids is 1. The normalized spacial score (nSPS) is 24.0. The monoisotopic (exact) mass is 545 g/mol. The molecular formula is C29H30F3NO6. The number of cyclic esters (lactones) is 1. The summed E-state index contributed by atoms with van der Waals surface area (Å²) < 4.78 is 58.4. The predicted molar refractivity (Wildman–Crippen MR) is 136 cm³/mol. The molecule has 2 unspecified atom stereocenters. The molecule has 2 aromatic carbocycles. The van der Waals surface area contributed by atoms with Crippen LogP contribution in [0.1, 0.15) is 50.0 Å². The van der Waals surface area contributed by atoms with Crippen LogP contribution in [0.2, 0.25) is 0 Å². The maximum Gasteiger partial charge on any atom is 0.416 e. The lowest BCUT2D eigenvalue weighted by molar-refractivity contribution is -0.140. The van der Waals surface area contributed by atoms with Crippen LogP contribution in [0.4, 0.5) is 18.0 Å². The fourth-order valence-electron chi connectivity index (χ4n) is 4.93. The Morgan fingerprint density at radius 1 is 1.21 bits per heavy atom. The highest BCUT2D eigenvalue weighted by molar-refractivity contribution is 5.73. The van der Waals surface area contributed by atoms with Gasteiger partial charge in [0.2, 0.25) is 0 Å². The van der Waals surface area contributed by atoms with Gasteiger partial charge < -0.3 is 19.3 Å². The molecule has 1 heterocycles. The van der Waals surface area contributed by atoms with Crippen LogP contribution in [0.15, 0.2) is 72.0 Å². The highest BCUT2D eigenvalue weighted by Gasteiger charge is 2.42. The Hall–Kier alpha value is -3.95. The molecular weight excluding hydrogens is 515 g/mol.